The van der Waals surface area contributed by atoms with Gasteiger partial charge < -0.3 is 10.1 Å². The van der Waals surface area contributed by atoms with Crippen LogP contribution in [-0.4, -0.2) is 33.3 Å². The summed E-state index contributed by atoms with van der Waals surface area (Å²) in [6, 6.07) is 2.32. The van der Waals surface area contributed by atoms with Gasteiger partial charge in [0.15, 0.2) is 5.69 Å². The Labute approximate surface area is 176 Å². The number of halogens is 6. The molecule has 1 aromatic carbocycles. The number of ether oxygens (including phenoxy) is 1. The van der Waals surface area contributed by atoms with Gasteiger partial charge in [0, 0.05) is 5.69 Å². The van der Waals surface area contributed by atoms with Crippen LogP contribution in [0, 0.1) is 5.82 Å². The normalized spacial score (nSPS) is 11.5. The number of aromatic amines is 1. The number of urea groups is 1. The minimum absolute atomic E-state index is 0.0281. The Morgan fingerprint density at radius 1 is 1.22 bits per heavy atom. The fourth-order valence-corrected chi connectivity index (χ4v) is 2.57. The van der Waals surface area contributed by atoms with Gasteiger partial charge >= 0.3 is 18.2 Å². The summed E-state index contributed by atoms with van der Waals surface area (Å²) >= 11 is 0. The number of H-pyrrole nitrogens is 1. The van der Waals surface area contributed by atoms with E-state index in [1.165, 1.54) is 19.5 Å². The topological polar surface area (TPSA) is 96.0 Å². The van der Waals surface area contributed by atoms with E-state index in [-0.39, 0.29) is 23.1 Å². The predicted molar refractivity (Wildman–Crippen MR) is 98.7 cm³/mol. The Morgan fingerprint density at radius 2 is 1.91 bits per heavy atom. The molecule has 0 fully saturated rings. The number of amides is 2. The van der Waals surface area contributed by atoms with Crippen molar-refractivity contribution in [1.29, 1.82) is 0 Å². The van der Waals surface area contributed by atoms with E-state index in [0.717, 1.165) is 17.0 Å². The minimum atomic E-state index is -4.70. The zero-order valence-electron chi connectivity index (χ0n) is 16.1. The lowest BCUT2D eigenvalue weighted by molar-refractivity contribution is -0.141. The van der Waals surface area contributed by atoms with Crippen LogP contribution in [0.1, 0.15) is 23.4 Å². The van der Waals surface area contributed by atoms with Gasteiger partial charge in [-0.1, -0.05) is 0 Å². The maximum Gasteiger partial charge on any atom is 0.435 e. The standard InChI is InChI=1S/C18H14F6N6O2/c1-32-16-25-6-11(7-26-16)30(8-10-5-14(29-28-10)18(22,23)24)17(31)27-9-2-3-12(15(20)21)13(19)4-9/h2-7,15H,8H2,1H3,(H,27,31)(H,28,29). The fraction of sp³-hybridized carbons (Fsp3) is 0.222. The van der Waals surface area contributed by atoms with Crippen LogP contribution in [0.2, 0.25) is 0 Å². The number of aromatic nitrogens is 4. The van der Waals surface area contributed by atoms with E-state index in [0.29, 0.717) is 12.1 Å². The first-order valence-electron chi connectivity index (χ1n) is 8.72. The van der Waals surface area contributed by atoms with Crippen LogP contribution in [0.3, 0.4) is 0 Å². The number of carbonyl (C=O) groups excluding carboxylic acids is 1. The van der Waals surface area contributed by atoms with Gasteiger partial charge in [-0.3, -0.25) is 10.00 Å². The highest BCUT2D eigenvalue weighted by Crippen LogP contribution is 2.29. The molecule has 0 saturated carbocycles. The number of rotatable bonds is 6. The van der Waals surface area contributed by atoms with Crippen molar-refractivity contribution in [1.82, 2.24) is 20.2 Å². The third-order valence-electron chi connectivity index (χ3n) is 4.09. The van der Waals surface area contributed by atoms with Crippen LogP contribution in [0.4, 0.5) is 42.5 Å². The predicted octanol–water partition coefficient (Wildman–Crippen LogP) is 4.54. The number of anilines is 2. The molecule has 170 valence electrons. The highest BCUT2D eigenvalue weighted by atomic mass is 19.4. The van der Waals surface area contributed by atoms with Crippen molar-refractivity contribution in [3.63, 3.8) is 0 Å². The van der Waals surface area contributed by atoms with Crippen molar-refractivity contribution in [2.24, 2.45) is 0 Å². The lowest BCUT2D eigenvalue weighted by Gasteiger charge is -2.22. The first-order chi connectivity index (χ1) is 15.1. The lowest BCUT2D eigenvalue weighted by Crippen LogP contribution is -2.35. The highest BCUT2D eigenvalue weighted by molar-refractivity contribution is 6.01. The van der Waals surface area contributed by atoms with Crippen LogP contribution in [0.15, 0.2) is 36.7 Å². The molecular weight excluding hydrogens is 446 g/mol. The summed E-state index contributed by atoms with van der Waals surface area (Å²) in [7, 11) is 1.31. The van der Waals surface area contributed by atoms with Crippen molar-refractivity contribution in [3.05, 3.63) is 59.4 Å². The summed E-state index contributed by atoms with van der Waals surface area (Å²) in [5.74, 6) is -1.24. The summed E-state index contributed by atoms with van der Waals surface area (Å²) < 4.78 is 82.5. The van der Waals surface area contributed by atoms with E-state index in [1.54, 1.807) is 0 Å². The van der Waals surface area contributed by atoms with Crippen LogP contribution in [-0.2, 0) is 12.7 Å². The molecule has 8 nitrogen and oxygen atoms in total. The Morgan fingerprint density at radius 3 is 2.44 bits per heavy atom. The molecule has 0 unspecified atom stereocenters. The Kier molecular flexibility index (Phi) is 6.50. The summed E-state index contributed by atoms with van der Waals surface area (Å²) in [5, 5.41) is 7.64. The molecule has 0 aliphatic rings. The van der Waals surface area contributed by atoms with E-state index in [9.17, 15) is 31.1 Å². The summed E-state index contributed by atoms with van der Waals surface area (Å²) in [6.07, 6.45) is -5.40. The second-order valence-corrected chi connectivity index (χ2v) is 6.26. The third kappa shape index (κ3) is 5.25. The minimum Gasteiger partial charge on any atom is -0.467 e. The molecule has 2 aromatic heterocycles. The molecule has 0 spiro atoms. The fourth-order valence-electron chi connectivity index (χ4n) is 2.57. The smallest absolute Gasteiger partial charge is 0.435 e. The maximum absolute atomic E-state index is 13.8. The van der Waals surface area contributed by atoms with Gasteiger partial charge in [0.05, 0.1) is 43.0 Å². The second kappa shape index (κ2) is 9.11. The molecule has 2 N–H and O–H groups in total. The molecule has 0 aliphatic heterocycles. The molecule has 0 bridgehead atoms. The van der Waals surface area contributed by atoms with Gasteiger partial charge in [0.1, 0.15) is 5.82 Å². The zero-order valence-corrected chi connectivity index (χ0v) is 16.1. The Bertz CT molecular complexity index is 1090. The van der Waals surface area contributed by atoms with E-state index in [2.05, 4.69) is 25.5 Å². The third-order valence-corrected chi connectivity index (χ3v) is 4.09. The van der Waals surface area contributed by atoms with Crippen LogP contribution < -0.4 is 15.0 Å². The highest BCUT2D eigenvalue weighted by Gasteiger charge is 2.34. The molecule has 0 radical (unpaired) electrons. The Balaban J connectivity index is 1.88. The molecule has 2 heterocycles. The largest absolute Gasteiger partial charge is 0.467 e. The van der Waals surface area contributed by atoms with Gasteiger partial charge in [0.2, 0.25) is 0 Å². The molecule has 14 heteroatoms. The Hall–Kier alpha value is -3.84. The summed E-state index contributed by atoms with van der Waals surface area (Å²) in [5.41, 5.74) is -2.22. The number of nitrogens with zero attached hydrogens (tertiary/aromatic N) is 4. The van der Waals surface area contributed by atoms with Crippen LogP contribution in [0.5, 0.6) is 6.01 Å². The number of methoxy groups -OCH3 is 1. The molecule has 0 aliphatic carbocycles. The number of hydrogen-bond acceptors (Lipinski definition) is 5. The first-order valence-corrected chi connectivity index (χ1v) is 8.72. The molecule has 32 heavy (non-hydrogen) atoms. The van der Waals surface area contributed by atoms with Crippen molar-refractivity contribution in [3.8, 4) is 6.01 Å². The number of alkyl halides is 5. The van der Waals surface area contributed by atoms with E-state index in [1.807, 2.05) is 0 Å². The lowest BCUT2D eigenvalue weighted by atomic mass is 10.2. The van der Waals surface area contributed by atoms with Crippen molar-refractivity contribution in [2.75, 3.05) is 17.3 Å². The van der Waals surface area contributed by atoms with Crippen molar-refractivity contribution < 1.29 is 35.9 Å². The average Bonchev–Trinajstić information content (AvgIpc) is 3.21. The second-order valence-electron chi connectivity index (χ2n) is 6.26. The summed E-state index contributed by atoms with van der Waals surface area (Å²) in [6.45, 7) is -0.428. The number of carbonyl (C=O) groups is 1. The van der Waals surface area contributed by atoms with Gasteiger partial charge in [-0.25, -0.2) is 27.9 Å². The first kappa shape index (κ1) is 22.8. The quantitative estimate of drug-likeness (QED) is 0.527. The van der Waals surface area contributed by atoms with E-state index >= 15 is 0 Å². The SMILES string of the molecule is COc1ncc(N(Cc2cc(C(F)(F)F)n[nH]2)C(=O)Nc2ccc(C(F)F)c(F)c2)cn1. The number of nitrogens with one attached hydrogen (secondary N) is 2. The monoisotopic (exact) mass is 460 g/mol. The molecule has 3 aromatic rings. The van der Waals surface area contributed by atoms with Gasteiger partial charge in [-0.05, 0) is 24.3 Å². The molecule has 0 saturated heterocycles. The van der Waals surface area contributed by atoms with Crippen molar-refractivity contribution >= 4 is 17.4 Å². The molecule has 2 amide bonds. The van der Waals surface area contributed by atoms with Crippen LogP contribution >= 0.6 is 0 Å². The number of benzene rings is 1. The van der Waals surface area contributed by atoms with Gasteiger partial charge in [-0.15, -0.1) is 0 Å². The summed E-state index contributed by atoms with van der Waals surface area (Å²) in [4.78, 5) is 21.4. The molecule has 3 rings (SSSR count). The van der Waals surface area contributed by atoms with Crippen LogP contribution in [0.25, 0.3) is 0 Å². The molecular formula is C18H14F6N6O2. The van der Waals surface area contributed by atoms with E-state index in [4.69, 9.17) is 4.74 Å². The number of hydrogen-bond donors (Lipinski definition) is 2. The zero-order chi connectivity index (χ0) is 23.5. The van der Waals surface area contributed by atoms with Gasteiger partial charge in [0.25, 0.3) is 6.43 Å². The average molecular weight is 460 g/mol. The maximum atomic E-state index is 13.8. The van der Waals surface area contributed by atoms with Crippen molar-refractivity contribution in [2.45, 2.75) is 19.1 Å². The van der Waals surface area contributed by atoms with Gasteiger partial charge in [-0.2, -0.15) is 18.3 Å². The van der Waals surface area contributed by atoms with E-state index < -0.39 is 42.3 Å². The molecule has 0 atom stereocenters.